The maximum atomic E-state index is 12.1. The van der Waals surface area contributed by atoms with Gasteiger partial charge in [-0.25, -0.2) is 0 Å². The van der Waals surface area contributed by atoms with E-state index in [1.165, 1.54) is 5.56 Å². The summed E-state index contributed by atoms with van der Waals surface area (Å²) in [5.41, 5.74) is 1.44. The Labute approximate surface area is 140 Å². The summed E-state index contributed by atoms with van der Waals surface area (Å²) < 4.78 is 5.71. The smallest absolute Gasteiger partial charge is 0.223 e. The van der Waals surface area contributed by atoms with Crippen LogP contribution in [0.3, 0.4) is 0 Å². The predicted octanol–water partition coefficient (Wildman–Crippen LogP) is 2.87. The third-order valence-corrected chi connectivity index (χ3v) is 4.38. The van der Waals surface area contributed by atoms with Crippen molar-refractivity contribution in [3.05, 3.63) is 29.8 Å². The molecule has 1 saturated heterocycles. The topological polar surface area (TPSA) is 50.4 Å². The van der Waals surface area contributed by atoms with Gasteiger partial charge in [-0.2, -0.15) is 0 Å². The number of rotatable bonds is 5. The highest BCUT2D eigenvalue weighted by Gasteiger charge is 2.24. The molecule has 0 spiro atoms. The monoisotopic (exact) mass is 318 g/mol. The molecule has 2 rings (SSSR count). The zero-order valence-corrected chi connectivity index (χ0v) is 14.8. The number of ether oxygens (including phenoxy) is 1. The molecule has 4 nitrogen and oxygen atoms in total. The Morgan fingerprint density at radius 2 is 2.00 bits per heavy atom. The van der Waals surface area contributed by atoms with Crippen molar-refractivity contribution in [3.63, 3.8) is 0 Å². The maximum Gasteiger partial charge on any atom is 0.223 e. The number of piperidine rings is 1. The van der Waals surface area contributed by atoms with Crippen molar-refractivity contribution < 1.29 is 9.53 Å². The molecule has 2 atom stereocenters. The molecule has 1 aromatic rings. The minimum absolute atomic E-state index is 0.136. The normalized spacial score (nSPS) is 21.7. The fourth-order valence-corrected chi connectivity index (χ4v) is 2.91. The lowest BCUT2D eigenvalue weighted by Gasteiger charge is -2.27. The van der Waals surface area contributed by atoms with E-state index < -0.39 is 0 Å². The number of nitrogens with one attached hydrogen (secondary N) is 2. The lowest BCUT2D eigenvalue weighted by molar-refractivity contribution is -0.126. The SMILES string of the molecule is C[C@H]1C[C@@H](C(=O)NCCOc2ccc(C(C)(C)C)cc2)CCN1. The molecule has 23 heavy (non-hydrogen) atoms. The second-order valence-electron chi connectivity index (χ2n) is 7.49. The summed E-state index contributed by atoms with van der Waals surface area (Å²) in [4.78, 5) is 12.1. The van der Waals surface area contributed by atoms with Gasteiger partial charge in [-0.1, -0.05) is 32.9 Å². The zero-order chi connectivity index (χ0) is 16.9. The Kier molecular flexibility index (Phi) is 6.05. The Bertz CT molecular complexity index is 505. The molecule has 0 unspecified atom stereocenters. The van der Waals surface area contributed by atoms with E-state index in [4.69, 9.17) is 4.74 Å². The van der Waals surface area contributed by atoms with Gasteiger partial charge in [-0.05, 0) is 49.4 Å². The Hall–Kier alpha value is -1.55. The number of carbonyl (C=O) groups excluding carboxylic acids is 1. The summed E-state index contributed by atoms with van der Waals surface area (Å²) >= 11 is 0. The van der Waals surface area contributed by atoms with Crippen molar-refractivity contribution in [2.45, 2.75) is 52.0 Å². The van der Waals surface area contributed by atoms with Crippen molar-refractivity contribution >= 4 is 5.91 Å². The summed E-state index contributed by atoms with van der Waals surface area (Å²) in [6, 6.07) is 8.62. The molecule has 0 bridgehead atoms. The number of benzene rings is 1. The molecule has 1 heterocycles. The Morgan fingerprint density at radius 1 is 1.30 bits per heavy atom. The number of amides is 1. The zero-order valence-electron chi connectivity index (χ0n) is 14.8. The average molecular weight is 318 g/mol. The molecule has 1 amide bonds. The van der Waals surface area contributed by atoms with Gasteiger partial charge in [0.25, 0.3) is 0 Å². The van der Waals surface area contributed by atoms with Gasteiger partial charge in [0.05, 0.1) is 6.54 Å². The fourth-order valence-electron chi connectivity index (χ4n) is 2.91. The molecule has 1 aliphatic heterocycles. The van der Waals surface area contributed by atoms with Gasteiger partial charge in [0, 0.05) is 12.0 Å². The van der Waals surface area contributed by atoms with Gasteiger partial charge in [0.1, 0.15) is 12.4 Å². The Morgan fingerprint density at radius 3 is 2.61 bits per heavy atom. The van der Waals surface area contributed by atoms with Crippen molar-refractivity contribution in [2.75, 3.05) is 19.7 Å². The van der Waals surface area contributed by atoms with Crippen LogP contribution in [0, 0.1) is 5.92 Å². The summed E-state index contributed by atoms with van der Waals surface area (Å²) in [5, 5.41) is 6.35. The van der Waals surface area contributed by atoms with Crippen molar-refractivity contribution in [1.29, 1.82) is 0 Å². The number of carbonyl (C=O) groups is 1. The molecule has 0 aromatic heterocycles. The average Bonchev–Trinajstić information content (AvgIpc) is 2.51. The first-order chi connectivity index (χ1) is 10.9. The van der Waals surface area contributed by atoms with Crippen LogP contribution >= 0.6 is 0 Å². The standard InChI is InChI=1S/C19H30N2O2/c1-14-13-15(9-10-20-14)18(22)21-11-12-23-17-7-5-16(6-8-17)19(2,3)4/h5-8,14-15,20H,9-13H2,1-4H3,(H,21,22)/t14-,15-/m0/s1. The number of hydrogen-bond donors (Lipinski definition) is 2. The predicted molar refractivity (Wildman–Crippen MR) is 93.8 cm³/mol. The van der Waals surface area contributed by atoms with Crippen molar-refractivity contribution in [3.8, 4) is 5.75 Å². The van der Waals surface area contributed by atoms with Crippen molar-refractivity contribution in [1.82, 2.24) is 10.6 Å². The highest BCUT2D eigenvalue weighted by atomic mass is 16.5. The summed E-state index contributed by atoms with van der Waals surface area (Å²) in [6.07, 6.45) is 1.84. The largest absolute Gasteiger partial charge is 0.492 e. The highest BCUT2D eigenvalue weighted by Crippen LogP contribution is 2.24. The maximum absolute atomic E-state index is 12.1. The van der Waals surface area contributed by atoms with Crippen LogP contribution in [0.5, 0.6) is 5.75 Å². The van der Waals surface area contributed by atoms with Gasteiger partial charge >= 0.3 is 0 Å². The first kappa shape index (κ1) is 17.8. The lowest BCUT2D eigenvalue weighted by Crippen LogP contribution is -2.43. The first-order valence-electron chi connectivity index (χ1n) is 8.60. The lowest BCUT2D eigenvalue weighted by atomic mass is 9.87. The van der Waals surface area contributed by atoms with Crippen LogP contribution in [0.15, 0.2) is 24.3 Å². The van der Waals surface area contributed by atoms with Crippen LogP contribution in [-0.4, -0.2) is 31.6 Å². The second kappa shape index (κ2) is 7.82. The second-order valence-corrected chi connectivity index (χ2v) is 7.49. The van der Waals surface area contributed by atoms with Crippen LogP contribution in [0.4, 0.5) is 0 Å². The van der Waals surface area contributed by atoms with E-state index >= 15 is 0 Å². The molecule has 1 aromatic carbocycles. The molecule has 0 saturated carbocycles. The molecule has 1 fully saturated rings. The molecule has 0 aliphatic carbocycles. The summed E-state index contributed by atoms with van der Waals surface area (Å²) in [5.74, 6) is 1.14. The molecular weight excluding hydrogens is 288 g/mol. The summed E-state index contributed by atoms with van der Waals surface area (Å²) in [7, 11) is 0. The van der Waals surface area contributed by atoms with Crippen LogP contribution < -0.4 is 15.4 Å². The van der Waals surface area contributed by atoms with Gasteiger partial charge in [0.15, 0.2) is 0 Å². The van der Waals surface area contributed by atoms with Crippen LogP contribution in [-0.2, 0) is 10.2 Å². The Balaban J connectivity index is 1.70. The quantitative estimate of drug-likeness (QED) is 0.821. The first-order valence-corrected chi connectivity index (χ1v) is 8.60. The van der Waals surface area contributed by atoms with E-state index in [2.05, 4.69) is 50.5 Å². The minimum Gasteiger partial charge on any atom is -0.492 e. The van der Waals surface area contributed by atoms with Crippen LogP contribution in [0.1, 0.15) is 46.1 Å². The van der Waals surface area contributed by atoms with E-state index in [1.807, 2.05) is 12.1 Å². The van der Waals surface area contributed by atoms with Crippen molar-refractivity contribution in [2.24, 2.45) is 5.92 Å². The van der Waals surface area contributed by atoms with E-state index in [-0.39, 0.29) is 17.2 Å². The molecule has 1 aliphatic rings. The molecular formula is C19H30N2O2. The molecule has 2 N–H and O–H groups in total. The van der Waals surface area contributed by atoms with Gasteiger partial charge < -0.3 is 15.4 Å². The fraction of sp³-hybridized carbons (Fsp3) is 0.632. The van der Waals surface area contributed by atoms with E-state index in [9.17, 15) is 4.79 Å². The number of hydrogen-bond acceptors (Lipinski definition) is 3. The molecule has 0 radical (unpaired) electrons. The van der Waals surface area contributed by atoms with Crippen LogP contribution in [0.25, 0.3) is 0 Å². The van der Waals surface area contributed by atoms with E-state index in [0.717, 1.165) is 25.1 Å². The van der Waals surface area contributed by atoms with Crippen LogP contribution in [0.2, 0.25) is 0 Å². The molecule has 128 valence electrons. The summed E-state index contributed by atoms with van der Waals surface area (Å²) in [6.45, 7) is 10.7. The van der Waals surface area contributed by atoms with Gasteiger partial charge in [0.2, 0.25) is 5.91 Å². The van der Waals surface area contributed by atoms with E-state index in [0.29, 0.717) is 19.2 Å². The third-order valence-electron chi connectivity index (χ3n) is 4.38. The van der Waals surface area contributed by atoms with Gasteiger partial charge in [-0.3, -0.25) is 4.79 Å². The van der Waals surface area contributed by atoms with E-state index in [1.54, 1.807) is 0 Å². The third kappa shape index (κ3) is 5.54. The molecule has 4 heteroatoms. The van der Waals surface area contributed by atoms with Gasteiger partial charge in [-0.15, -0.1) is 0 Å². The minimum atomic E-state index is 0.136. The highest BCUT2D eigenvalue weighted by molar-refractivity contribution is 5.78.